The lowest BCUT2D eigenvalue weighted by atomic mass is 10.1. The molecule has 0 heterocycles. The number of nitrogens with two attached hydrogens (primary N) is 1. The van der Waals surface area contributed by atoms with E-state index >= 15 is 0 Å². The van der Waals surface area contributed by atoms with E-state index in [4.69, 9.17) is 5.73 Å². The Morgan fingerprint density at radius 3 is 2.30 bits per heavy atom. The highest BCUT2D eigenvalue weighted by molar-refractivity contribution is 5.71. The third-order valence-electron chi connectivity index (χ3n) is 3.48. The number of rotatable bonds is 7. The molecular formula is C15H25N3O2. The zero-order valence-corrected chi connectivity index (χ0v) is 12.8. The third-order valence-corrected chi connectivity index (χ3v) is 3.48. The van der Waals surface area contributed by atoms with Crippen molar-refractivity contribution < 1.29 is 4.92 Å². The summed E-state index contributed by atoms with van der Waals surface area (Å²) in [6.07, 6.45) is 2.05. The molecule has 0 bridgehead atoms. The first-order chi connectivity index (χ1) is 9.40. The molecule has 5 heteroatoms. The van der Waals surface area contributed by atoms with Gasteiger partial charge < -0.3 is 10.6 Å². The molecule has 20 heavy (non-hydrogen) atoms. The van der Waals surface area contributed by atoms with E-state index in [-0.39, 0.29) is 5.69 Å². The van der Waals surface area contributed by atoms with E-state index in [1.54, 1.807) is 6.07 Å². The van der Waals surface area contributed by atoms with Gasteiger partial charge in [-0.1, -0.05) is 27.7 Å². The van der Waals surface area contributed by atoms with Crippen LogP contribution in [-0.2, 0) is 0 Å². The molecule has 0 amide bonds. The molecule has 0 unspecified atom stereocenters. The largest absolute Gasteiger partial charge is 0.397 e. The van der Waals surface area contributed by atoms with Crippen LogP contribution in [0, 0.1) is 16.0 Å². The number of benzene rings is 1. The fourth-order valence-corrected chi connectivity index (χ4v) is 2.48. The van der Waals surface area contributed by atoms with Crippen molar-refractivity contribution in [1.82, 2.24) is 0 Å². The number of nitro benzene ring substituents is 1. The number of hydrogen-bond acceptors (Lipinski definition) is 4. The SMILES string of the molecule is CCC(CC)N(CC(C)C)c1ccc([N+](=O)[O-])cc1N. The van der Waals surface area contributed by atoms with Crippen LogP contribution in [-0.4, -0.2) is 17.5 Å². The average molecular weight is 279 g/mol. The first-order valence-corrected chi connectivity index (χ1v) is 7.21. The van der Waals surface area contributed by atoms with Crippen molar-refractivity contribution in [2.24, 2.45) is 5.92 Å². The Morgan fingerprint density at radius 1 is 1.30 bits per heavy atom. The number of non-ortho nitro benzene ring substituents is 1. The lowest BCUT2D eigenvalue weighted by molar-refractivity contribution is -0.384. The third kappa shape index (κ3) is 3.85. The van der Waals surface area contributed by atoms with Crippen molar-refractivity contribution in [2.45, 2.75) is 46.6 Å². The Hall–Kier alpha value is -1.78. The summed E-state index contributed by atoms with van der Waals surface area (Å²) >= 11 is 0. The van der Waals surface area contributed by atoms with Gasteiger partial charge in [0, 0.05) is 24.7 Å². The van der Waals surface area contributed by atoms with E-state index in [1.165, 1.54) is 12.1 Å². The predicted molar refractivity (Wildman–Crippen MR) is 84.1 cm³/mol. The molecule has 1 rings (SSSR count). The van der Waals surface area contributed by atoms with E-state index < -0.39 is 4.92 Å². The second-order valence-electron chi connectivity index (χ2n) is 5.52. The van der Waals surface area contributed by atoms with E-state index in [2.05, 4.69) is 32.6 Å². The molecule has 0 atom stereocenters. The van der Waals surface area contributed by atoms with Gasteiger partial charge >= 0.3 is 0 Å². The summed E-state index contributed by atoms with van der Waals surface area (Å²) in [4.78, 5) is 12.7. The fraction of sp³-hybridized carbons (Fsp3) is 0.600. The molecule has 0 aliphatic rings. The molecule has 0 aromatic heterocycles. The molecule has 0 aliphatic heterocycles. The first-order valence-electron chi connectivity index (χ1n) is 7.21. The maximum absolute atomic E-state index is 10.8. The Balaban J connectivity index is 3.16. The second kappa shape index (κ2) is 7.12. The number of nitro groups is 1. The standard InChI is InChI=1S/C15H25N3O2/c1-5-12(6-2)17(10-11(3)4)15-8-7-13(18(19)20)9-14(15)16/h7-9,11-12H,5-6,10,16H2,1-4H3. The topological polar surface area (TPSA) is 72.4 Å². The van der Waals surface area contributed by atoms with Crippen LogP contribution in [0.15, 0.2) is 18.2 Å². The number of nitrogen functional groups attached to an aromatic ring is 1. The van der Waals surface area contributed by atoms with Crippen LogP contribution in [0.1, 0.15) is 40.5 Å². The van der Waals surface area contributed by atoms with Crippen molar-refractivity contribution in [3.63, 3.8) is 0 Å². The highest BCUT2D eigenvalue weighted by atomic mass is 16.6. The summed E-state index contributed by atoms with van der Waals surface area (Å²) in [6, 6.07) is 5.15. The van der Waals surface area contributed by atoms with Crippen molar-refractivity contribution in [1.29, 1.82) is 0 Å². The Kier molecular flexibility index (Phi) is 5.80. The van der Waals surface area contributed by atoms with E-state index in [9.17, 15) is 10.1 Å². The second-order valence-corrected chi connectivity index (χ2v) is 5.52. The lowest BCUT2D eigenvalue weighted by Gasteiger charge is -2.35. The van der Waals surface area contributed by atoms with Crippen LogP contribution in [0.2, 0.25) is 0 Å². The first kappa shape index (κ1) is 16.3. The zero-order valence-electron chi connectivity index (χ0n) is 12.8. The molecule has 0 saturated carbocycles. The highest BCUT2D eigenvalue weighted by Crippen LogP contribution is 2.31. The minimum atomic E-state index is -0.413. The van der Waals surface area contributed by atoms with Gasteiger partial charge in [-0.05, 0) is 24.8 Å². The molecule has 0 saturated heterocycles. The monoisotopic (exact) mass is 279 g/mol. The summed E-state index contributed by atoms with van der Waals surface area (Å²) in [5, 5.41) is 10.8. The predicted octanol–water partition coefficient (Wildman–Crippen LogP) is 3.83. The summed E-state index contributed by atoms with van der Waals surface area (Å²) in [7, 11) is 0. The van der Waals surface area contributed by atoms with Crippen LogP contribution in [0.4, 0.5) is 17.1 Å². The quantitative estimate of drug-likeness (QED) is 0.467. The normalized spacial score (nSPS) is 11.1. The summed E-state index contributed by atoms with van der Waals surface area (Å²) in [5.41, 5.74) is 7.46. The van der Waals surface area contributed by atoms with Gasteiger partial charge in [-0.3, -0.25) is 10.1 Å². The minimum Gasteiger partial charge on any atom is -0.397 e. The van der Waals surface area contributed by atoms with E-state index in [0.717, 1.165) is 25.1 Å². The molecule has 5 nitrogen and oxygen atoms in total. The van der Waals surface area contributed by atoms with Crippen molar-refractivity contribution in [2.75, 3.05) is 17.2 Å². The molecule has 2 N–H and O–H groups in total. The van der Waals surface area contributed by atoms with Crippen LogP contribution in [0.25, 0.3) is 0 Å². The van der Waals surface area contributed by atoms with Crippen LogP contribution in [0.3, 0.4) is 0 Å². The van der Waals surface area contributed by atoms with Crippen molar-refractivity contribution in [3.05, 3.63) is 28.3 Å². The smallest absolute Gasteiger partial charge is 0.271 e. The van der Waals surface area contributed by atoms with Crippen LogP contribution < -0.4 is 10.6 Å². The Labute approximate surface area is 120 Å². The summed E-state index contributed by atoms with van der Waals surface area (Å²) < 4.78 is 0. The van der Waals surface area contributed by atoms with E-state index in [1.807, 2.05) is 0 Å². The molecule has 112 valence electrons. The highest BCUT2D eigenvalue weighted by Gasteiger charge is 2.20. The van der Waals surface area contributed by atoms with Crippen LogP contribution >= 0.6 is 0 Å². The molecule has 1 aromatic carbocycles. The maximum atomic E-state index is 10.8. The van der Waals surface area contributed by atoms with Gasteiger partial charge in [0.2, 0.25) is 0 Å². The maximum Gasteiger partial charge on any atom is 0.271 e. The van der Waals surface area contributed by atoms with Gasteiger partial charge in [0.15, 0.2) is 0 Å². The molecule has 0 radical (unpaired) electrons. The van der Waals surface area contributed by atoms with Gasteiger partial charge in [0.1, 0.15) is 0 Å². The van der Waals surface area contributed by atoms with Crippen molar-refractivity contribution >= 4 is 17.1 Å². The van der Waals surface area contributed by atoms with Gasteiger partial charge in [-0.25, -0.2) is 0 Å². The fourth-order valence-electron chi connectivity index (χ4n) is 2.48. The number of hydrogen-bond donors (Lipinski definition) is 1. The Morgan fingerprint density at radius 2 is 1.90 bits per heavy atom. The lowest BCUT2D eigenvalue weighted by Crippen LogP contribution is -2.37. The van der Waals surface area contributed by atoms with Crippen LogP contribution in [0.5, 0.6) is 0 Å². The molecule has 0 fully saturated rings. The zero-order chi connectivity index (χ0) is 15.3. The number of nitrogens with zero attached hydrogens (tertiary/aromatic N) is 2. The summed E-state index contributed by atoms with van der Waals surface area (Å²) in [5.74, 6) is 0.505. The van der Waals surface area contributed by atoms with Crippen molar-refractivity contribution in [3.8, 4) is 0 Å². The summed E-state index contributed by atoms with van der Waals surface area (Å²) in [6.45, 7) is 9.54. The Bertz CT molecular complexity index is 456. The molecule has 0 spiro atoms. The minimum absolute atomic E-state index is 0.0419. The number of anilines is 2. The van der Waals surface area contributed by atoms with Gasteiger partial charge in [0.25, 0.3) is 5.69 Å². The van der Waals surface area contributed by atoms with E-state index in [0.29, 0.717) is 17.6 Å². The molecular weight excluding hydrogens is 254 g/mol. The van der Waals surface area contributed by atoms with Gasteiger partial charge in [-0.2, -0.15) is 0 Å². The molecule has 1 aromatic rings. The average Bonchev–Trinajstić information content (AvgIpc) is 2.38. The van der Waals surface area contributed by atoms with Gasteiger partial charge in [-0.15, -0.1) is 0 Å². The molecule has 0 aliphatic carbocycles. The van der Waals surface area contributed by atoms with Gasteiger partial charge in [0.05, 0.1) is 16.3 Å².